The molecule has 160 valence electrons. The van der Waals surface area contributed by atoms with E-state index in [1.54, 1.807) is 6.33 Å². The molecule has 6 nitrogen and oxygen atoms in total. The fourth-order valence-electron chi connectivity index (χ4n) is 3.83. The number of nitrogens with zero attached hydrogens (tertiary/aromatic N) is 3. The highest BCUT2D eigenvalue weighted by Gasteiger charge is 2.28. The average molecular weight is 427 g/mol. The van der Waals surface area contributed by atoms with E-state index in [2.05, 4.69) is 34.7 Å². The second-order valence-corrected chi connectivity index (χ2v) is 9.06. The van der Waals surface area contributed by atoms with Crippen molar-refractivity contribution >= 4 is 27.5 Å². The summed E-state index contributed by atoms with van der Waals surface area (Å²) < 4.78 is 29.1. The van der Waals surface area contributed by atoms with Gasteiger partial charge in [0.2, 0.25) is 5.88 Å². The van der Waals surface area contributed by atoms with Crippen molar-refractivity contribution in [2.75, 3.05) is 14.1 Å². The van der Waals surface area contributed by atoms with Crippen LogP contribution in [0.2, 0.25) is 0 Å². The summed E-state index contributed by atoms with van der Waals surface area (Å²) in [5, 5.41) is 1.20. The molecule has 0 saturated heterocycles. The minimum absolute atomic E-state index is 0.311. The molecule has 0 unspecified atom stereocenters. The number of hydrogen-bond donors (Lipinski definition) is 1. The molecule has 29 heavy (non-hydrogen) atoms. The number of rotatable bonds is 4. The Morgan fingerprint density at radius 1 is 1.24 bits per heavy atom. The average Bonchev–Trinajstić information content (AvgIpc) is 3.23. The van der Waals surface area contributed by atoms with Crippen molar-refractivity contribution in [2.45, 2.75) is 69.9 Å². The fourth-order valence-corrected chi connectivity index (χ4v) is 5.05. The van der Waals surface area contributed by atoms with Crippen LogP contribution in [0.15, 0.2) is 6.33 Å². The molecule has 1 amide bonds. The molecule has 2 aromatic heterocycles. The maximum Gasteiger partial charge on any atom is 0.321 e. The minimum atomic E-state index is -3.36. The third-order valence-corrected chi connectivity index (χ3v) is 6.75. The molecule has 0 aliphatic heterocycles. The quantitative estimate of drug-likeness (QED) is 0.809. The van der Waals surface area contributed by atoms with Crippen LogP contribution in [0.25, 0.3) is 10.2 Å². The number of nitrogens with two attached hydrogens (primary N) is 1. The van der Waals surface area contributed by atoms with Crippen molar-refractivity contribution in [3.8, 4) is 5.88 Å². The Bertz CT molecular complexity index is 858. The van der Waals surface area contributed by atoms with E-state index in [0.29, 0.717) is 19.1 Å². The Morgan fingerprint density at radius 3 is 2.48 bits per heavy atom. The third kappa shape index (κ3) is 5.19. The summed E-state index contributed by atoms with van der Waals surface area (Å²) in [5.74, 6) is -4.12. The van der Waals surface area contributed by atoms with Crippen LogP contribution in [0.1, 0.15) is 49.5 Å². The Kier molecular flexibility index (Phi) is 6.68. The number of carbonyl (C=O) groups is 1. The predicted molar refractivity (Wildman–Crippen MR) is 110 cm³/mol. The van der Waals surface area contributed by atoms with Crippen molar-refractivity contribution in [1.82, 2.24) is 14.9 Å². The first-order chi connectivity index (χ1) is 13.7. The third-order valence-electron chi connectivity index (χ3n) is 5.55. The number of aromatic nitrogens is 2. The Morgan fingerprint density at radius 2 is 1.90 bits per heavy atom. The van der Waals surface area contributed by atoms with Crippen LogP contribution in [0.5, 0.6) is 5.88 Å². The lowest BCUT2D eigenvalue weighted by Gasteiger charge is -2.32. The molecule has 2 aliphatic rings. The summed E-state index contributed by atoms with van der Waals surface area (Å²) in [7, 11) is 4.35. The predicted octanol–water partition coefficient (Wildman–Crippen LogP) is 3.56. The zero-order valence-electron chi connectivity index (χ0n) is 17.1. The minimum Gasteiger partial charge on any atom is -0.474 e. The van der Waals surface area contributed by atoms with Gasteiger partial charge in [0.15, 0.2) is 0 Å². The molecule has 4 rings (SSSR count). The molecule has 0 atom stereocenters. The van der Waals surface area contributed by atoms with Crippen molar-refractivity contribution in [3.63, 3.8) is 0 Å². The number of halogens is 2. The van der Waals surface area contributed by atoms with Crippen molar-refractivity contribution in [3.05, 3.63) is 16.8 Å². The van der Waals surface area contributed by atoms with E-state index in [0.717, 1.165) is 30.0 Å². The smallest absolute Gasteiger partial charge is 0.321 e. The van der Waals surface area contributed by atoms with Gasteiger partial charge >= 0.3 is 5.92 Å². The van der Waals surface area contributed by atoms with Gasteiger partial charge in [-0.1, -0.05) is 0 Å². The molecule has 2 heterocycles. The highest BCUT2D eigenvalue weighted by atomic mass is 32.1. The number of amides is 1. The van der Waals surface area contributed by atoms with Gasteiger partial charge in [0.1, 0.15) is 17.3 Å². The number of primary amides is 1. The summed E-state index contributed by atoms with van der Waals surface area (Å²) in [6, 6.07) is 0.704. The molecule has 9 heteroatoms. The summed E-state index contributed by atoms with van der Waals surface area (Å²) in [6.07, 6.45) is 10.3. The molecule has 2 aromatic rings. The molecular weight excluding hydrogens is 398 g/mol. The lowest BCUT2D eigenvalue weighted by Crippen LogP contribution is -2.35. The maximum absolute atomic E-state index is 11.4. The molecule has 1 saturated carbocycles. The number of hydrogen-bond acceptors (Lipinski definition) is 6. The van der Waals surface area contributed by atoms with Crippen LogP contribution in [-0.4, -0.2) is 52.9 Å². The van der Waals surface area contributed by atoms with Crippen molar-refractivity contribution < 1.29 is 18.3 Å². The van der Waals surface area contributed by atoms with E-state index in [1.165, 1.54) is 41.5 Å². The first-order valence-corrected chi connectivity index (χ1v) is 10.7. The molecule has 1 fully saturated rings. The fraction of sp³-hybridized carbons (Fsp3) is 0.650. The molecule has 2 aliphatic carbocycles. The van der Waals surface area contributed by atoms with Gasteiger partial charge in [0.05, 0.1) is 5.39 Å². The number of carbonyl (C=O) groups excluding carboxylic acids is 1. The zero-order valence-corrected chi connectivity index (χ0v) is 17.9. The van der Waals surface area contributed by atoms with Gasteiger partial charge in [0, 0.05) is 17.8 Å². The normalized spacial score (nSPS) is 21.6. The number of aryl methyl sites for hydroxylation is 2. The summed E-state index contributed by atoms with van der Waals surface area (Å²) >= 11 is 1.83. The number of fused-ring (bicyclic) bond motifs is 3. The highest BCUT2D eigenvalue weighted by molar-refractivity contribution is 7.18. The summed E-state index contributed by atoms with van der Waals surface area (Å²) in [6.45, 7) is 0.454. The van der Waals surface area contributed by atoms with Gasteiger partial charge < -0.3 is 15.4 Å². The molecule has 0 spiro atoms. The van der Waals surface area contributed by atoms with E-state index in [4.69, 9.17) is 4.74 Å². The monoisotopic (exact) mass is 426 g/mol. The molecular formula is C20H28F2N4O2S. The van der Waals surface area contributed by atoms with Gasteiger partial charge in [-0.15, -0.1) is 11.3 Å². The van der Waals surface area contributed by atoms with Crippen LogP contribution >= 0.6 is 11.3 Å². The highest BCUT2D eigenvalue weighted by Crippen LogP contribution is 2.40. The first kappa shape index (κ1) is 21.8. The van der Waals surface area contributed by atoms with Gasteiger partial charge in [-0.2, -0.15) is 8.78 Å². The second kappa shape index (κ2) is 8.87. The van der Waals surface area contributed by atoms with Gasteiger partial charge in [-0.25, -0.2) is 9.97 Å². The van der Waals surface area contributed by atoms with Crippen molar-refractivity contribution in [2.24, 2.45) is 5.73 Å². The summed E-state index contributed by atoms with van der Waals surface area (Å²) in [4.78, 5) is 23.4. The van der Waals surface area contributed by atoms with E-state index in [-0.39, 0.29) is 0 Å². The second-order valence-electron chi connectivity index (χ2n) is 7.98. The zero-order chi connectivity index (χ0) is 21.2. The van der Waals surface area contributed by atoms with Gasteiger partial charge in [-0.3, -0.25) is 4.79 Å². The Labute approximate surface area is 173 Å². The van der Waals surface area contributed by atoms with Crippen LogP contribution < -0.4 is 10.5 Å². The maximum atomic E-state index is 11.4. The summed E-state index contributed by atoms with van der Waals surface area (Å²) in [5.41, 5.74) is 5.64. The van der Waals surface area contributed by atoms with Gasteiger partial charge in [0.25, 0.3) is 5.91 Å². The Balaban J connectivity index is 0.000000298. The lowest BCUT2D eigenvalue weighted by atomic mass is 9.92. The van der Waals surface area contributed by atoms with Crippen LogP contribution in [0.4, 0.5) is 8.78 Å². The van der Waals surface area contributed by atoms with E-state index in [9.17, 15) is 13.6 Å². The van der Waals surface area contributed by atoms with Crippen LogP contribution in [0.3, 0.4) is 0 Å². The number of alkyl halides is 2. The SMILES string of the molecule is CC(F)(F)C(N)=O.CN(C)C1CCC(Oc2ncnc3sc4c(c23)CCC4)CC1. The van der Waals surface area contributed by atoms with Gasteiger partial charge in [-0.05, 0) is 64.6 Å². The topological polar surface area (TPSA) is 81.3 Å². The molecule has 0 aromatic carbocycles. The molecule has 0 bridgehead atoms. The molecule has 0 radical (unpaired) electrons. The van der Waals surface area contributed by atoms with E-state index < -0.39 is 11.8 Å². The Hall–Kier alpha value is -1.87. The van der Waals surface area contributed by atoms with E-state index >= 15 is 0 Å². The van der Waals surface area contributed by atoms with E-state index in [1.807, 2.05) is 11.3 Å². The largest absolute Gasteiger partial charge is 0.474 e. The van der Waals surface area contributed by atoms with Crippen LogP contribution in [0, 0.1) is 0 Å². The standard InChI is InChI=1S/C17H23N3OS.C3H5F2NO/c1-20(2)11-6-8-12(9-7-11)21-16-15-13-4-3-5-14(13)22-17(15)19-10-18-16;1-3(4,5)2(6)7/h10-12H,3-9H2,1-2H3;1H3,(H2,6,7). The van der Waals surface area contributed by atoms with Crippen molar-refractivity contribution in [1.29, 1.82) is 0 Å². The lowest BCUT2D eigenvalue weighted by molar-refractivity contribution is -0.139. The number of ether oxygens (including phenoxy) is 1. The first-order valence-electron chi connectivity index (χ1n) is 9.93. The molecule has 2 N–H and O–H groups in total. The van der Waals surface area contributed by atoms with Crippen LogP contribution in [-0.2, 0) is 17.6 Å². The number of thiophene rings is 1.